The molecule has 1 fully saturated rings. The van der Waals surface area contributed by atoms with Crippen molar-refractivity contribution in [1.29, 1.82) is 0 Å². The van der Waals surface area contributed by atoms with Crippen LogP contribution >= 0.6 is 33.2 Å². The number of H-pyrrole nitrogens is 1. The molecule has 3 aromatic rings. The summed E-state index contributed by atoms with van der Waals surface area (Å²) in [5, 5.41) is 7.38. The number of fused-ring (bicyclic) bond motifs is 1. The van der Waals surface area contributed by atoms with Gasteiger partial charge >= 0.3 is 6.18 Å². The number of benzene rings is 1. The van der Waals surface area contributed by atoms with Gasteiger partial charge < -0.3 is 20.5 Å². The number of nitrogens with one attached hydrogen (secondary N) is 3. The van der Waals surface area contributed by atoms with Crippen LogP contribution in [0.4, 0.5) is 24.7 Å². The van der Waals surface area contributed by atoms with E-state index in [4.69, 9.17) is 23.2 Å². The minimum Gasteiger partial charge on any atom is -0.374 e. The van der Waals surface area contributed by atoms with Gasteiger partial charge in [-0.1, -0.05) is 23.2 Å². The van der Waals surface area contributed by atoms with E-state index in [0.717, 1.165) is 5.75 Å². The first-order chi connectivity index (χ1) is 17.8. The predicted octanol–water partition coefficient (Wildman–Crippen LogP) is 5.70. The minimum absolute atomic E-state index is 0.0343. The lowest BCUT2D eigenvalue weighted by Gasteiger charge is -2.41. The van der Waals surface area contributed by atoms with Crippen LogP contribution in [0.15, 0.2) is 36.8 Å². The van der Waals surface area contributed by atoms with Gasteiger partial charge in [0.1, 0.15) is 23.8 Å². The zero-order chi connectivity index (χ0) is 27.7. The fraction of sp³-hybridized carbons (Fsp3) is 0.480. The monoisotopic (exact) mass is 590 g/mol. The third-order valence-electron chi connectivity index (χ3n) is 6.53. The molecule has 3 heterocycles. The summed E-state index contributed by atoms with van der Waals surface area (Å²) in [4.78, 5) is 26.8. The average molecular weight is 592 g/mol. The Balaban J connectivity index is 1.58. The molecule has 0 aliphatic carbocycles. The SMILES string of the molecule is CS(C)(C)CC[C@@H](Nc1cc(Cl)cc(Cl)c1)C(=O)N[C@H]1CN(c2ncnc3[nH]ccc23)CC[C@@H]1C(F)(F)F. The van der Waals surface area contributed by atoms with Gasteiger partial charge in [0.2, 0.25) is 5.91 Å². The maximum Gasteiger partial charge on any atom is 0.393 e. The fourth-order valence-corrected chi connectivity index (χ4v) is 6.12. The highest BCUT2D eigenvalue weighted by atomic mass is 35.5. The van der Waals surface area contributed by atoms with E-state index in [1.165, 1.54) is 6.33 Å². The number of nitrogens with zero attached hydrogens (tertiary/aromatic N) is 3. The molecule has 1 aromatic carbocycles. The summed E-state index contributed by atoms with van der Waals surface area (Å²) in [6.45, 7) is 0.122. The van der Waals surface area contributed by atoms with Gasteiger partial charge in [0, 0.05) is 35.0 Å². The summed E-state index contributed by atoms with van der Waals surface area (Å²) < 4.78 is 42.2. The Kier molecular flexibility index (Phi) is 8.59. The van der Waals surface area contributed by atoms with E-state index in [1.807, 2.05) is 0 Å². The number of hydrogen-bond donors (Lipinski definition) is 3. The number of piperidine rings is 1. The molecule has 38 heavy (non-hydrogen) atoms. The highest BCUT2D eigenvalue weighted by Crippen LogP contribution is 2.38. The lowest BCUT2D eigenvalue weighted by molar-refractivity contribution is -0.186. The van der Waals surface area contributed by atoms with Gasteiger partial charge in [0.05, 0.1) is 17.3 Å². The third-order valence-corrected chi connectivity index (χ3v) is 8.43. The van der Waals surface area contributed by atoms with Gasteiger partial charge in [-0.3, -0.25) is 4.79 Å². The van der Waals surface area contributed by atoms with Crippen LogP contribution in [0.5, 0.6) is 0 Å². The van der Waals surface area contributed by atoms with E-state index in [1.54, 1.807) is 35.4 Å². The summed E-state index contributed by atoms with van der Waals surface area (Å²) in [7, 11) is -0.966. The molecule has 2 aromatic heterocycles. The first kappa shape index (κ1) is 28.6. The molecule has 1 saturated heterocycles. The number of carbonyl (C=O) groups is 1. The quantitative estimate of drug-likeness (QED) is 0.313. The molecule has 208 valence electrons. The van der Waals surface area contributed by atoms with E-state index in [2.05, 4.69) is 44.4 Å². The largest absolute Gasteiger partial charge is 0.393 e. The van der Waals surface area contributed by atoms with Crippen LogP contribution in [-0.2, 0) is 4.79 Å². The molecular formula is C25H31Cl2F3N6OS. The highest BCUT2D eigenvalue weighted by Gasteiger charge is 2.48. The number of alkyl halides is 3. The zero-order valence-electron chi connectivity index (χ0n) is 21.3. The summed E-state index contributed by atoms with van der Waals surface area (Å²) in [5.41, 5.74) is 1.13. The molecule has 7 nitrogen and oxygen atoms in total. The van der Waals surface area contributed by atoms with E-state index < -0.39 is 40.1 Å². The summed E-state index contributed by atoms with van der Waals surface area (Å²) in [5.74, 6) is -0.894. The van der Waals surface area contributed by atoms with Crippen molar-refractivity contribution in [2.24, 2.45) is 5.92 Å². The second-order valence-electron chi connectivity index (χ2n) is 10.4. The molecule has 0 radical (unpaired) electrons. The number of anilines is 2. The Bertz CT molecular complexity index is 1260. The number of aromatic nitrogens is 3. The second kappa shape index (κ2) is 11.4. The van der Waals surface area contributed by atoms with Crippen molar-refractivity contribution in [2.45, 2.75) is 31.1 Å². The van der Waals surface area contributed by atoms with E-state index >= 15 is 0 Å². The van der Waals surface area contributed by atoms with Gasteiger partial charge in [-0.2, -0.15) is 13.2 Å². The molecule has 1 aliphatic rings. The molecule has 13 heteroatoms. The molecule has 1 amide bonds. The third kappa shape index (κ3) is 7.18. The van der Waals surface area contributed by atoms with Crippen LogP contribution in [-0.4, -0.2) is 76.7 Å². The fourth-order valence-electron chi connectivity index (χ4n) is 4.66. The Labute approximate surface area is 231 Å². The Morgan fingerprint density at radius 1 is 1.21 bits per heavy atom. The summed E-state index contributed by atoms with van der Waals surface area (Å²) >= 11 is 12.3. The number of amides is 1. The molecular weight excluding hydrogens is 560 g/mol. The predicted molar refractivity (Wildman–Crippen MR) is 151 cm³/mol. The number of rotatable bonds is 8. The zero-order valence-corrected chi connectivity index (χ0v) is 23.6. The van der Waals surface area contributed by atoms with Gasteiger partial charge in [-0.15, -0.1) is 0 Å². The summed E-state index contributed by atoms with van der Waals surface area (Å²) in [6.07, 6.45) is 5.28. The first-order valence-corrected chi connectivity index (χ1v) is 15.9. The van der Waals surface area contributed by atoms with Crippen LogP contribution in [0.2, 0.25) is 10.0 Å². The molecule has 0 unspecified atom stereocenters. The molecule has 0 saturated carbocycles. The minimum atomic E-state index is -4.46. The van der Waals surface area contributed by atoms with E-state index in [0.29, 0.717) is 39.0 Å². The maximum atomic E-state index is 14.1. The van der Waals surface area contributed by atoms with Crippen LogP contribution in [0, 0.1) is 5.92 Å². The normalized spacial score (nSPS) is 19.8. The second-order valence-corrected chi connectivity index (χ2v) is 15.8. The van der Waals surface area contributed by atoms with Crippen molar-refractivity contribution in [2.75, 3.05) is 47.8 Å². The highest BCUT2D eigenvalue weighted by molar-refractivity contribution is 8.32. The lowest BCUT2D eigenvalue weighted by Crippen LogP contribution is -2.58. The molecule has 3 N–H and O–H groups in total. The molecule has 4 rings (SSSR count). The first-order valence-electron chi connectivity index (χ1n) is 12.1. The van der Waals surface area contributed by atoms with Gasteiger partial charge in [-0.25, -0.2) is 20.0 Å². The Hall–Kier alpha value is -2.37. The Morgan fingerprint density at radius 3 is 2.58 bits per heavy atom. The number of carbonyl (C=O) groups excluding carboxylic acids is 1. The number of halogens is 5. The maximum absolute atomic E-state index is 14.1. The van der Waals surface area contributed by atoms with Crippen LogP contribution < -0.4 is 15.5 Å². The van der Waals surface area contributed by atoms with Crippen molar-refractivity contribution in [3.63, 3.8) is 0 Å². The lowest BCUT2D eigenvalue weighted by atomic mass is 9.90. The Morgan fingerprint density at radius 2 is 1.92 bits per heavy atom. The van der Waals surface area contributed by atoms with E-state index in [9.17, 15) is 18.0 Å². The summed E-state index contributed by atoms with van der Waals surface area (Å²) in [6, 6.07) is 4.71. The van der Waals surface area contributed by atoms with Crippen molar-refractivity contribution in [3.05, 3.63) is 46.8 Å². The van der Waals surface area contributed by atoms with Gasteiger partial charge in [0.25, 0.3) is 0 Å². The van der Waals surface area contributed by atoms with Crippen molar-refractivity contribution in [3.8, 4) is 0 Å². The number of hydrogen-bond acceptors (Lipinski definition) is 5. The van der Waals surface area contributed by atoms with Crippen LogP contribution in [0.3, 0.4) is 0 Å². The van der Waals surface area contributed by atoms with Crippen molar-refractivity contribution in [1.82, 2.24) is 20.3 Å². The standard InChI is InChI=1S/C25H31Cl2F3N6OS/c1-38(2,3)9-6-20(34-17-11-15(26)10-16(27)12-17)24(37)35-21-13-36(8-5-19(21)25(28,29)30)23-18-4-7-31-22(18)32-14-33-23/h4,7,10-12,14,19-21,34H,5-6,8-9,13H2,1-3H3,(H,35,37)(H,31,32,33)/t19-,20+,21-/m0/s1. The van der Waals surface area contributed by atoms with E-state index in [-0.39, 0.29) is 19.5 Å². The van der Waals surface area contributed by atoms with Gasteiger partial charge in [0.15, 0.2) is 0 Å². The number of aromatic amines is 1. The van der Waals surface area contributed by atoms with Gasteiger partial charge in [-0.05, 0) is 61.6 Å². The van der Waals surface area contributed by atoms with Crippen LogP contribution in [0.25, 0.3) is 11.0 Å². The average Bonchev–Trinajstić information content (AvgIpc) is 3.29. The molecule has 3 atom stereocenters. The topological polar surface area (TPSA) is 85.9 Å². The van der Waals surface area contributed by atoms with Crippen molar-refractivity contribution >= 4 is 61.7 Å². The molecule has 1 aliphatic heterocycles. The van der Waals surface area contributed by atoms with Crippen LogP contribution in [0.1, 0.15) is 12.8 Å². The smallest absolute Gasteiger partial charge is 0.374 e. The van der Waals surface area contributed by atoms with Crippen molar-refractivity contribution < 1.29 is 18.0 Å². The molecule has 0 spiro atoms. The molecule has 0 bridgehead atoms.